The fourth-order valence-electron chi connectivity index (χ4n) is 3.16. The summed E-state index contributed by atoms with van der Waals surface area (Å²) in [6.07, 6.45) is 6.02. The van der Waals surface area contributed by atoms with Crippen LogP contribution in [0.25, 0.3) is 6.08 Å². The van der Waals surface area contributed by atoms with E-state index < -0.39 is 0 Å². The number of hydrogen-bond donors (Lipinski definition) is 1. The average Bonchev–Trinajstić information content (AvgIpc) is 2.80. The van der Waals surface area contributed by atoms with E-state index in [1.54, 1.807) is 21.3 Å². The third-order valence-corrected chi connectivity index (χ3v) is 4.98. The number of nitrogens with zero attached hydrogens (tertiary/aromatic N) is 1. The summed E-state index contributed by atoms with van der Waals surface area (Å²) >= 11 is 0. The van der Waals surface area contributed by atoms with Crippen LogP contribution in [0.1, 0.15) is 24.0 Å². The minimum Gasteiger partial charge on any atom is -0.497 e. The lowest BCUT2D eigenvalue weighted by Gasteiger charge is -2.17. The van der Waals surface area contributed by atoms with Gasteiger partial charge in [0.1, 0.15) is 5.75 Å². The second kappa shape index (κ2) is 13.3. The van der Waals surface area contributed by atoms with Crippen LogP contribution in [-0.4, -0.2) is 58.8 Å². The number of likely N-dealkylation sites (N-methyl/N-ethyl adjacent to an activating group) is 1. The van der Waals surface area contributed by atoms with Gasteiger partial charge in [-0.2, -0.15) is 0 Å². The molecule has 2 aromatic rings. The van der Waals surface area contributed by atoms with Gasteiger partial charge in [-0.15, -0.1) is 0 Å². The summed E-state index contributed by atoms with van der Waals surface area (Å²) in [5, 5.41) is 2.98. The van der Waals surface area contributed by atoms with Crippen molar-refractivity contribution in [2.45, 2.75) is 19.3 Å². The molecular weight excluding hydrogens is 392 g/mol. The van der Waals surface area contributed by atoms with E-state index in [1.165, 1.54) is 5.56 Å². The Kier molecular flexibility index (Phi) is 10.4. The minimum absolute atomic E-state index is 0.0344. The largest absolute Gasteiger partial charge is 0.497 e. The fraction of sp³-hybridized carbons (Fsp3) is 0.400. The molecule has 1 amide bonds. The quantitative estimate of drug-likeness (QED) is 0.494. The summed E-state index contributed by atoms with van der Waals surface area (Å²) in [4.78, 5) is 14.3. The predicted octanol–water partition coefficient (Wildman–Crippen LogP) is 3.80. The van der Waals surface area contributed by atoms with Crippen molar-refractivity contribution < 1.29 is 19.0 Å². The molecule has 0 fully saturated rings. The maximum atomic E-state index is 12.0. The third-order valence-electron chi connectivity index (χ3n) is 4.98. The second-order valence-electron chi connectivity index (χ2n) is 7.33. The van der Waals surface area contributed by atoms with E-state index >= 15 is 0 Å². The van der Waals surface area contributed by atoms with Crippen LogP contribution in [-0.2, 0) is 11.2 Å². The number of nitrogens with one attached hydrogen (secondary N) is 1. The summed E-state index contributed by atoms with van der Waals surface area (Å²) in [7, 11) is 7.03. The topological polar surface area (TPSA) is 60.0 Å². The second-order valence-corrected chi connectivity index (χ2v) is 7.33. The Labute approximate surface area is 185 Å². The molecule has 0 heterocycles. The van der Waals surface area contributed by atoms with Crippen molar-refractivity contribution in [3.8, 4) is 17.2 Å². The number of ether oxygens (including phenoxy) is 3. The highest BCUT2D eigenvalue weighted by Gasteiger charge is 2.06. The lowest BCUT2D eigenvalue weighted by atomic mass is 10.1. The molecule has 0 bridgehead atoms. The van der Waals surface area contributed by atoms with Crippen LogP contribution in [0.2, 0.25) is 0 Å². The maximum absolute atomic E-state index is 12.0. The molecule has 0 radical (unpaired) electrons. The van der Waals surface area contributed by atoms with Gasteiger partial charge in [-0.25, -0.2) is 0 Å². The zero-order valence-corrected chi connectivity index (χ0v) is 19.0. The van der Waals surface area contributed by atoms with E-state index in [9.17, 15) is 4.79 Å². The van der Waals surface area contributed by atoms with Crippen LogP contribution < -0.4 is 19.5 Å². The van der Waals surface area contributed by atoms with Crippen LogP contribution in [0.15, 0.2) is 48.5 Å². The lowest BCUT2D eigenvalue weighted by molar-refractivity contribution is -0.120. The van der Waals surface area contributed by atoms with E-state index in [1.807, 2.05) is 48.6 Å². The standard InChI is InChI=1S/C25H34N2O4/c1-27(17-14-21-12-13-23(30-3)24(19-21)31-4)16-7-15-26-25(28)11-6-9-20-8-5-10-22(18-20)29-2/h5-6,8-10,12-13,18-19H,7,11,14-17H2,1-4H3,(H,26,28). The number of benzene rings is 2. The first-order valence-electron chi connectivity index (χ1n) is 10.5. The molecule has 0 atom stereocenters. The molecule has 6 nitrogen and oxygen atoms in total. The molecule has 2 rings (SSSR count). The summed E-state index contributed by atoms with van der Waals surface area (Å²) in [6, 6.07) is 13.8. The van der Waals surface area contributed by atoms with E-state index in [4.69, 9.17) is 14.2 Å². The summed E-state index contributed by atoms with van der Waals surface area (Å²) < 4.78 is 15.8. The van der Waals surface area contributed by atoms with Gasteiger partial charge >= 0.3 is 0 Å². The normalized spacial score (nSPS) is 11.0. The Bertz CT molecular complexity index is 851. The van der Waals surface area contributed by atoms with Gasteiger partial charge in [-0.3, -0.25) is 4.79 Å². The minimum atomic E-state index is 0.0344. The van der Waals surface area contributed by atoms with Crippen LogP contribution >= 0.6 is 0 Å². The number of amides is 1. The van der Waals surface area contributed by atoms with Crippen molar-refractivity contribution >= 4 is 12.0 Å². The highest BCUT2D eigenvalue weighted by molar-refractivity contribution is 5.78. The molecule has 0 aromatic heterocycles. The van der Waals surface area contributed by atoms with Gasteiger partial charge in [0.2, 0.25) is 5.91 Å². The van der Waals surface area contributed by atoms with Crippen molar-refractivity contribution in [2.24, 2.45) is 0 Å². The molecular formula is C25H34N2O4. The summed E-state index contributed by atoms with van der Waals surface area (Å²) in [5.41, 5.74) is 2.23. The maximum Gasteiger partial charge on any atom is 0.223 e. The molecule has 0 aliphatic rings. The van der Waals surface area contributed by atoms with E-state index in [0.29, 0.717) is 13.0 Å². The molecule has 0 spiro atoms. The predicted molar refractivity (Wildman–Crippen MR) is 125 cm³/mol. The zero-order valence-electron chi connectivity index (χ0n) is 19.0. The van der Waals surface area contributed by atoms with Gasteiger partial charge in [0.05, 0.1) is 21.3 Å². The first-order valence-corrected chi connectivity index (χ1v) is 10.5. The number of methoxy groups -OCH3 is 3. The van der Waals surface area contributed by atoms with Crippen molar-refractivity contribution in [1.29, 1.82) is 0 Å². The highest BCUT2D eigenvalue weighted by Crippen LogP contribution is 2.27. The van der Waals surface area contributed by atoms with Crippen molar-refractivity contribution in [3.05, 3.63) is 59.7 Å². The average molecular weight is 427 g/mol. The summed E-state index contributed by atoms with van der Waals surface area (Å²) in [6.45, 7) is 2.53. The van der Waals surface area contributed by atoms with Crippen LogP contribution in [0.3, 0.4) is 0 Å². The molecule has 168 valence electrons. The number of carbonyl (C=O) groups is 1. The molecule has 31 heavy (non-hydrogen) atoms. The van der Waals surface area contributed by atoms with Crippen LogP contribution in [0.4, 0.5) is 0 Å². The van der Waals surface area contributed by atoms with Gasteiger partial charge < -0.3 is 24.4 Å². The molecule has 1 N–H and O–H groups in total. The third kappa shape index (κ3) is 8.72. The highest BCUT2D eigenvalue weighted by atomic mass is 16.5. The van der Waals surface area contributed by atoms with Gasteiger partial charge in [-0.05, 0) is 61.8 Å². The van der Waals surface area contributed by atoms with Crippen molar-refractivity contribution in [2.75, 3.05) is 48.0 Å². The molecule has 6 heteroatoms. The number of carbonyl (C=O) groups excluding carboxylic acids is 1. The van der Waals surface area contributed by atoms with Gasteiger partial charge in [0.25, 0.3) is 0 Å². The lowest BCUT2D eigenvalue weighted by Crippen LogP contribution is -2.28. The monoisotopic (exact) mass is 426 g/mol. The van der Waals surface area contributed by atoms with Gasteiger partial charge in [0, 0.05) is 19.5 Å². The number of rotatable bonds is 13. The Balaban J connectivity index is 1.62. The first-order chi connectivity index (χ1) is 15.0. The number of hydrogen-bond acceptors (Lipinski definition) is 5. The van der Waals surface area contributed by atoms with Gasteiger partial charge in [0.15, 0.2) is 11.5 Å². The zero-order chi connectivity index (χ0) is 22.5. The van der Waals surface area contributed by atoms with Gasteiger partial charge in [-0.1, -0.05) is 30.4 Å². The Morgan fingerprint density at radius 2 is 1.81 bits per heavy atom. The Morgan fingerprint density at radius 3 is 2.55 bits per heavy atom. The van der Waals surface area contributed by atoms with E-state index in [2.05, 4.69) is 23.3 Å². The van der Waals surface area contributed by atoms with Crippen LogP contribution in [0, 0.1) is 0 Å². The SMILES string of the molecule is COc1cccc(C=CCC(=O)NCCCN(C)CCc2ccc(OC)c(OC)c2)c1. The van der Waals surface area contributed by atoms with E-state index in [0.717, 1.165) is 48.7 Å². The Hall–Kier alpha value is -2.99. The fourth-order valence-corrected chi connectivity index (χ4v) is 3.16. The first kappa shape index (κ1) is 24.3. The molecule has 2 aromatic carbocycles. The van der Waals surface area contributed by atoms with E-state index in [-0.39, 0.29) is 5.91 Å². The van der Waals surface area contributed by atoms with Crippen LogP contribution in [0.5, 0.6) is 17.2 Å². The summed E-state index contributed by atoms with van der Waals surface area (Å²) in [5.74, 6) is 2.34. The molecule has 0 aliphatic heterocycles. The molecule has 0 saturated heterocycles. The van der Waals surface area contributed by atoms with Crippen molar-refractivity contribution in [3.63, 3.8) is 0 Å². The molecule has 0 aliphatic carbocycles. The molecule has 0 unspecified atom stereocenters. The Morgan fingerprint density at radius 1 is 1.00 bits per heavy atom. The smallest absolute Gasteiger partial charge is 0.223 e. The molecule has 0 saturated carbocycles. The van der Waals surface area contributed by atoms with Crippen molar-refractivity contribution in [1.82, 2.24) is 10.2 Å².